The van der Waals surface area contributed by atoms with Gasteiger partial charge >= 0.3 is 0 Å². The Morgan fingerprint density at radius 1 is 1.22 bits per heavy atom. The van der Waals surface area contributed by atoms with E-state index in [-0.39, 0.29) is 12.1 Å². The summed E-state index contributed by atoms with van der Waals surface area (Å²) in [6.45, 7) is 4.16. The summed E-state index contributed by atoms with van der Waals surface area (Å²) in [5, 5.41) is 0. The summed E-state index contributed by atoms with van der Waals surface area (Å²) in [5.41, 5.74) is 1.12. The standard InChI is InChI=1S/C15H19NO2/c1-11-8-9-14(13-6-4-3-5-7-13)16(12(11)2)15(18)10-17/h3-7,10-12,14H,8-9H2,1-2H3. The van der Waals surface area contributed by atoms with E-state index in [9.17, 15) is 9.59 Å². The minimum absolute atomic E-state index is 0.0371. The van der Waals surface area contributed by atoms with Gasteiger partial charge in [0.05, 0.1) is 6.04 Å². The third-order valence-corrected chi connectivity index (χ3v) is 4.03. The van der Waals surface area contributed by atoms with Gasteiger partial charge in [-0.05, 0) is 31.2 Å². The van der Waals surface area contributed by atoms with Crippen LogP contribution in [0.1, 0.15) is 38.3 Å². The van der Waals surface area contributed by atoms with Crippen molar-refractivity contribution in [3.63, 3.8) is 0 Å². The molecule has 0 N–H and O–H groups in total. The summed E-state index contributed by atoms with van der Waals surface area (Å²) < 4.78 is 0. The molecule has 1 fully saturated rings. The third kappa shape index (κ3) is 2.30. The van der Waals surface area contributed by atoms with Crippen molar-refractivity contribution in [1.29, 1.82) is 0 Å². The van der Waals surface area contributed by atoms with Crippen LogP contribution in [0, 0.1) is 5.92 Å². The summed E-state index contributed by atoms with van der Waals surface area (Å²) in [6, 6.07) is 10.1. The quantitative estimate of drug-likeness (QED) is 0.593. The molecule has 3 unspecified atom stereocenters. The summed E-state index contributed by atoms with van der Waals surface area (Å²) >= 11 is 0. The minimum Gasteiger partial charge on any atom is -0.326 e. The van der Waals surface area contributed by atoms with E-state index < -0.39 is 5.91 Å². The van der Waals surface area contributed by atoms with Crippen molar-refractivity contribution in [2.24, 2.45) is 5.92 Å². The molecule has 2 rings (SSSR count). The average Bonchev–Trinajstić information content (AvgIpc) is 2.42. The Labute approximate surface area is 108 Å². The molecular weight excluding hydrogens is 226 g/mol. The maximum atomic E-state index is 11.9. The average molecular weight is 245 g/mol. The first-order chi connectivity index (χ1) is 8.65. The second kappa shape index (κ2) is 5.34. The molecule has 0 bridgehead atoms. The van der Waals surface area contributed by atoms with Crippen LogP contribution < -0.4 is 0 Å². The van der Waals surface area contributed by atoms with Crippen molar-refractivity contribution in [2.45, 2.75) is 38.8 Å². The van der Waals surface area contributed by atoms with Crippen LogP contribution in [0.4, 0.5) is 0 Å². The number of hydrogen-bond acceptors (Lipinski definition) is 2. The molecule has 1 aromatic carbocycles. The Balaban J connectivity index is 2.33. The lowest BCUT2D eigenvalue weighted by Crippen LogP contribution is -2.48. The number of benzene rings is 1. The van der Waals surface area contributed by atoms with Crippen molar-refractivity contribution >= 4 is 12.2 Å². The molecule has 96 valence electrons. The fraction of sp³-hybridized carbons (Fsp3) is 0.467. The lowest BCUT2D eigenvalue weighted by molar-refractivity contribution is -0.145. The van der Waals surface area contributed by atoms with Gasteiger partial charge < -0.3 is 4.90 Å². The van der Waals surface area contributed by atoms with E-state index in [2.05, 4.69) is 6.92 Å². The Morgan fingerprint density at radius 2 is 1.89 bits per heavy atom. The number of likely N-dealkylation sites (tertiary alicyclic amines) is 1. The number of aldehydes is 1. The molecule has 1 heterocycles. The highest BCUT2D eigenvalue weighted by molar-refractivity contribution is 6.23. The van der Waals surface area contributed by atoms with E-state index >= 15 is 0 Å². The normalized spacial score (nSPS) is 27.9. The molecular formula is C15H19NO2. The first kappa shape index (κ1) is 12.8. The maximum Gasteiger partial charge on any atom is 0.287 e. The predicted molar refractivity (Wildman–Crippen MR) is 70.0 cm³/mol. The van der Waals surface area contributed by atoms with Gasteiger partial charge in [-0.3, -0.25) is 9.59 Å². The monoisotopic (exact) mass is 245 g/mol. The molecule has 3 atom stereocenters. The molecule has 0 aliphatic carbocycles. The zero-order valence-electron chi connectivity index (χ0n) is 10.9. The number of rotatable bonds is 2. The first-order valence-electron chi connectivity index (χ1n) is 6.47. The molecule has 1 aliphatic heterocycles. The molecule has 18 heavy (non-hydrogen) atoms. The van der Waals surface area contributed by atoms with Crippen molar-refractivity contribution in [2.75, 3.05) is 0 Å². The fourth-order valence-corrected chi connectivity index (χ4v) is 2.78. The SMILES string of the molecule is CC1CCC(c2ccccc2)N(C(=O)C=O)C1C. The summed E-state index contributed by atoms with van der Waals surface area (Å²) in [7, 11) is 0. The van der Waals surface area contributed by atoms with Gasteiger partial charge in [-0.25, -0.2) is 0 Å². The van der Waals surface area contributed by atoms with Gasteiger partial charge in [-0.2, -0.15) is 0 Å². The van der Waals surface area contributed by atoms with E-state index in [1.54, 1.807) is 4.90 Å². The molecule has 0 saturated carbocycles. The zero-order chi connectivity index (χ0) is 13.1. The first-order valence-corrected chi connectivity index (χ1v) is 6.47. The van der Waals surface area contributed by atoms with E-state index in [0.717, 1.165) is 18.4 Å². The van der Waals surface area contributed by atoms with Crippen molar-refractivity contribution in [3.8, 4) is 0 Å². The van der Waals surface area contributed by atoms with Crippen molar-refractivity contribution in [1.82, 2.24) is 4.90 Å². The highest BCUT2D eigenvalue weighted by Gasteiger charge is 2.35. The van der Waals surface area contributed by atoms with E-state index in [4.69, 9.17) is 0 Å². The van der Waals surface area contributed by atoms with Crippen LogP contribution in [-0.4, -0.2) is 23.1 Å². The molecule has 0 radical (unpaired) electrons. The highest BCUT2D eigenvalue weighted by atomic mass is 16.2. The van der Waals surface area contributed by atoms with Crippen molar-refractivity contribution in [3.05, 3.63) is 35.9 Å². The van der Waals surface area contributed by atoms with Gasteiger partial charge in [-0.15, -0.1) is 0 Å². The lowest BCUT2D eigenvalue weighted by atomic mass is 9.85. The number of amides is 1. The molecule has 1 aromatic rings. The Bertz CT molecular complexity index is 429. The number of nitrogens with zero attached hydrogens (tertiary/aromatic N) is 1. The molecule has 1 aliphatic rings. The minimum atomic E-state index is -0.400. The highest BCUT2D eigenvalue weighted by Crippen LogP contribution is 2.36. The van der Waals surface area contributed by atoms with Gasteiger partial charge in [0.1, 0.15) is 0 Å². The topological polar surface area (TPSA) is 37.4 Å². The van der Waals surface area contributed by atoms with Gasteiger partial charge in [-0.1, -0.05) is 37.3 Å². The number of carbonyl (C=O) groups excluding carboxylic acids is 2. The molecule has 0 aromatic heterocycles. The summed E-state index contributed by atoms with van der Waals surface area (Å²) in [5.74, 6) is 0.0387. The van der Waals surface area contributed by atoms with Gasteiger partial charge in [0, 0.05) is 6.04 Å². The Morgan fingerprint density at radius 3 is 2.50 bits per heavy atom. The Hall–Kier alpha value is -1.64. The second-order valence-electron chi connectivity index (χ2n) is 5.09. The fourth-order valence-electron chi connectivity index (χ4n) is 2.78. The molecule has 1 amide bonds. The zero-order valence-corrected chi connectivity index (χ0v) is 10.9. The number of hydrogen-bond donors (Lipinski definition) is 0. The van der Waals surface area contributed by atoms with Crippen LogP contribution in [0.15, 0.2) is 30.3 Å². The predicted octanol–water partition coefficient (Wildman–Crippen LogP) is 2.57. The lowest BCUT2D eigenvalue weighted by Gasteiger charge is -2.43. The molecule has 3 heteroatoms. The smallest absolute Gasteiger partial charge is 0.287 e. The number of carbonyl (C=O) groups is 2. The summed E-state index contributed by atoms with van der Waals surface area (Å²) in [4.78, 5) is 24.5. The van der Waals surface area contributed by atoms with E-state index in [0.29, 0.717) is 12.2 Å². The van der Waals surface area contributed by atoms with E-state index in [1.165, 1.54) is 0 Å². The van der Waals surface area contributed by atoms with Gasteiger partial charge in [0.25, 0.3) is 5.91 Å². The third-order valence-electron chi connectivity index (χ3n) is 4.03. The summed E-state index contributed by atoms with van der Waals surface area (Å²) in [6.07, 6.45) is 2.45. The van der Waals surface area contributed by atoms with Gasteiger partial charge in [0.15, 0.2) is 0 Å². The largest absolute Gasteiger partial charge is 0.326 e. The maximum absolute atomic E-state index is 11.9. The van der Waals surface area contributed by atoms with Crippen molar-refractivity contribution < 1.29 is 9.59 Å². The van der Waals surface area contributed by atoms with Crippen LogP contribution >= 0.6 is 0 Å². The van der Waals surface area contributed by atoms with Crippen LogP contribution in [0.2, 0.25) is 0 Å². The van der Waals surface area contributed by atoms with Crippen LogP contribution in [0.25, 0.3) is 0 Å². The molecule has 0 spiro atoms. The molecule has 1 saturated heterocycles. The van der Waals surface area contributed by atoms with Gasteiger partial charge in [0.2, 0.25) is 6.29 Å². The second-order valence-corrected chi connectivity index (χ2v) is 5.09. The number of piperidine rings is 1. The molecule has 3 nitrogen and oxygen atoms in total. The van der Waals surface area contributed by atoms with Crippen LogP contribution in [0.3, 0.4) is 0 Å². The van der Waals surface area contributed by atoms with Crippen LogP contribution in [0.5, 0.6) is 0 Å². The van der Waals surface area contributed by atoms with Crippen LogP contribution in [-0.2, 0) is 9.59 Å². The Kier molecular flexibility index (Phi) is 3.80. The van der Waals surface area contributed by atoms with E-state index in [1.807, 2.05) is 37.3 Å².